The molecule has 1 unspecified atom stereocenters. The van der Waals surface area contributed by atoms with Gasteiger partial charge in [-0.1, -0.05) is 36.4 Å². The molecule has 0 spiro atoms. The van der Waals surface area contributed by atoms with Crippen LogP contribution in [0.3, 0.4) is 0 Å². The summed E-state index contributed by atoms with van der Waals surface area (Å²) in [5, 5.41) is 15.8. The Labute approximate surface area is 171 Å². The van der Waals surface area contributed by atoms with E-state index >= 15 is 0 Å². The summed E-state index contributed by atoms with van der Waals surface area (Å²) in [6, 6.07) is 18.5. The van der Waals surface area contributed by atoms with Crippen molar-refractivity contribution in [2.24, 2.45) is 0 Å². The minimum atomic E-state index is 0. The Morgan fingerprint density at radius 2 is 1.89 bits per heavy atom. The Kier molecular flexibility index (Phi) is 6.97. The number of halogens is 1. The van der Waals surface area contributed by atoms with Gasteiger partial charge in [0.25, 0.3) is 0 Å². The normalized spacial score (nSPS) is 17.1. The monoisotopic (exact) mass is 400 g/mol. The average Bonchev–Trinajstić information content (AvgIpc) is 3.22. The van der Waals surface area contributed by atoms with E-state index in [2.05, 4.69) is 37.9 Å². The van der Waals surface area contributed by atoms with Crippen LogP contribution in [-0.2, 0) is 6.42 Å². The molecule has 0 aliphatic carbocycles. The highest BCUT2D eigenvalue weighted by molar-refractivity contribution is 5.85. The van der Waals surface area contributed by atoms with Crippen molar-refractivity contribution in [1.29, 1.82) is 0 Å². The number of hydrogen-bond donors (Lipinski definition) is 1. The Hall–Kier alpha value is -2.48. The van der Waals surface area contributed by atoms with E-state index in [4.69, 9.17) is 4.74 Å². The fraction of sp³-hybridized carbons (Fsp3) is 0.350. The van der Waals surface area contributed by atoms with Crippen molar-refractivity contribution < 1.29 is 4.74 Å². The van der Waals surface area contributed by atoms with Crippen LogP contribution in [0.25, 0.3) is 5.69 Å². The van der Waals surface area contributed by atoms with Crippen molar-refractivity contribution >= 4 is 12.4 Å². The minimum Gasteiger partial charge on any atom is -0.496 e. The Balaban J connectivity index is 0.00000225. The van der Waals surface area contributed by atoms with Gasteiger partial charge in [-0.25, -0.2) is 0 Å². The number of piperazine rings is 1. The number of tetrazole rings is 1. The molecule has 4 rings (SSSR count). The van der Waals surface area contributed by atoms with E-state index in [0.29, 0.717) is 0 Å². The van der Waals surface area contributed by atoms with Crippen LogP contribution in [-0.4, -0.2) is 58.4 Å². The topological polar surface area (TPSA) is 68.1 Å². The van der Waals surface area contributed by atoms with Gasteiger partial charge < -0.3 is 10.1 Å². The number of benzene rings is 2. The number of methoxy groups -OCH3 is 1. The first-order valence-electron chi connectivity index (χ1n) is 9.27. The molecule has 2 heterocycles. The van der Waals surface area contributed by atoms with Crippen LogP contribution in [0.1, 0.15) is 17.4 Å². The van der Waals surface area contributed by atoms with Gasteiger partial charge in [-0.05, 0) is 28.6 Å². The second kappa shape index (κ2) is 9.64. The SMILES string of the molecule is COc1ccccc1C1CNCCN1CCc1nnnn1-c1ccccc1.Cl. The van der Waals surface area contributed by atoms with Crippen LogP contribution >= 0.6 is 12.4 Å². The first-order chi connectivity index (χ1) is 13.4. The summed E-state index contributed by atoms with van der Waals surface area (Å²) in [6.45, 7) is 3.76. The first-order valence-corrected chi connectivity index (χ1v) is 9.27. The summed E-state index contributed by atoms with van der Waals surface area (Å²) < 4.78 is 7.40. The predicted octanol–water partition coefficient (Wildman–Crippen LogP) is 2.28. The summed E-state index contributed by atoms with van der Waals surface area (Å²) in [5.41, 5.74) is 2.20. The molecule has 1 fully saturated rings. The molecule has 8 heteroatoms. The van der Waals surface area contributed by atoms with Crippen molar-refractivity contribution in [3.63, 3.8) is 0 Å². The summed E-state index contributed by atoms with van der Waals surface area (Å²) in [4.78, 5) is 2.48. The summed E-state index contributed by atoms with van der Waals surface area (Å²) in [6.07, 6.45) is 0.785. The molecule has 0 radical (unpaired) electrons. The van der Waals surface area contributed by atoms with Crippen molar-refractivity contribution in [1.82, 2.24) is 30.4 Å². The molecule has 1 N–H and O–H groups in total. The highest BCUT2D eigenvalue weighted by Gasteiger charge is 2.26. The molecule has 148 valence electrons. The predicted molar refractivity (Wildman–Crippen MR) is 110 cm³/mol. The smallest absolute Gasteiger partial charge is 0.157 e. The standard InChI is InChI=1S/C20H24N6O.ClH/c1-27-19-10-6-5-9-17(19)18-15-21-12-14-25(18)13-11-20-22-23-24-26(20)16-7-3-2-4-8-16;/h2-10,18,21H,11-15H2,1H3;1H. The van der Waals surface area contributed by atoms with Crippen LogP contribution in [0.4, 0.5) is 0 Å². The van der Waals surface area contributed by atoms with Gasteiger partial charge in [0, 0.05) is 38.2 Å². The van der Waals surface area contributed by atoms with E-state index in [0.717, 1.165) is 49.9 Å². The van der Waals surface area contributed by atoms with Crippen molar-refractivity contribution in [2.45, 2.75) is 12.5 Å². The van der Waals surface area contributed by atoms with Crippen LogP contribution in [0.15, 0.2) is 54.6 Å². The molecule has 28 heavy (non-hydrogen) atoms. The van der Waals surface area contributed by atoms with Crippen LogP contribution in [0.5, 0.6) is 5.75 Å². The first kappa shape index (κ1) is 20.3. The maximum atomic E-state index is 5.58. The number of para-hydroxylation sites is 2. The Morgan fingerprint density at radius 1 is 1.11 bits per heavy atom. The summed E-state index contributed by atoms with van der Waals surface area (Å²) in [7, 11) is 1.73. The second-order valence-corrected chi connectivity index (χ2v) is 6.59. The lowest BCUT2D eigenvalue weighted by atomic mass is 10.0. The third-order valence-electron chi connectivity index (χ3n) is 5.01. The lowest BCUT2D eigenvalue weighted by molar-refractivity contribution is 0.160. The van der Waals surface area contributed by atoms with E-state index in [1.54, 1.807) is 7.11 Å². The number of nitrogens with zero attached hydrogens (tertiary/aromatic N) is 5. The third-order valence-corrected chi connectivity index (χ3v) is 5.01. The molecular formula is C20H25ClN6O. The van der Waals surface area contributed by atoms with Gasteiger partial charge in [0.1, 0.15) is 5.75 Å². The number of ether oxygens (including phenoxy) is 1. The molecule has 0 saturated carbocycles. The number of nitrogens with one attached hydrogen (secondary N) is 1. The Bertz CT molecular complexity index is 872. The zero-order valence-corrected chi connectivity index (χ0v) is 16.7. The fourth-order valence-electron chi connectivity index (χ4n) is 3.64. The van der Waals surface area contributed by atoms with Crippen molar-refractivity contribution in [3.05, 3.63) is 66.0 Å². The molecule has 1 saturated heterocycles. The minimum absolute atomic E-state index is 0. The molecule has 2 aromatic carbocycles. The summed E-state index contributed by atoms with van der Waals surface area (Å²) >= 11 is 0. The molecular weight excluding hydrogens is 376 g/mol. The highest BCUT2D eigenvalue weighted by atomic mass is 35.5. The van der Waals surface area contributed by atoms with Crippen LogP contribution in [0.2, 0.25) is 0 Å². The number of aromatic nitrogens is 4. The van der Waals surface area contributed by atoms with E-state index in [1.807, 2.05) is 47.1 Å². The number of hydrogen-bond acceptors (Lipinski definition) is 6. The molecule has 0 bridgehead atoms. The molecule has 1 aliphatic heterocycles. The molecule has 3 aromatic rings. The lowest BCUT2D eigenvalue weighted by Crippen LogP contribution is -2.46. The quantitative estimate of drug-likeness (QED) is 0.684. The van der Waals surface area contributed by atoms with Crippen molar-refractivity contribution in [2.75, 3.05) is 33.3 Å². The van der Waals surface area contributed by atoms with E-state index in [-0.39, 0.29) is 18.4 Å². The second-order valence-electron chi connectivity index (χ2n) is 6.59. The van der Waals surface area contributed by atoms with Gasteiger partial charge in [-0.2, -0.15) is 4.68 Å². The Morgan fingerprint density at radius 3 is 2.71 bits per heavy atom. The van der Waals surface area contributed by atoms with E-state index in [1.165, 1.54) is 5.56 Å². The maximum absolute atomic E-state index is 5.58. The molecule has 1 aromatic heterocycles. The fourth-order valence-corrected chi connectivity index (χ4v) is 3.64. The number of rotatable bonds is 6. The van der Waals surface area contributed by atoms with Gasteiger partial charge in [0.15, 0.2) is 5.82 Å². The highest BCUT2D eigenvalue weighted by Crippen LogP contribution is 2.30. The molecule has 0 amide bonds. The molecule has 7 nitrogen and oxygen atoms in total. The van der Waals surface area contributed by atoms with E-state index < -0.39 is 0 Å². The third kappa shape index (κ3) is 4.32. The summed E-state index contributed by atoms with van der Waals surface area (Å²) in [5.74, 6) is 1.81. The van der Waals surface area contributed by atoms with Gasteiger partial charge in [0.05, 0.1) is 18.8 Å². The van der Waals surface area contributed by atoms with Gasteiger partial charge >= 0.3 is 0 Å². The van der Waals surface area contributed by atoms with Crippen LogP contribution < -0.4 is 10.1 Å². The largest absolute Gasteiger partial charge is 0.496 e. The van der Waals surface area contributed by atoms with Gasteiger partial charge in [-0.3, -0.25) is 4.90 Å². The maximum Gasteiger partial charge on any atom is 0.157 e. The van der Waals surface area contributed by atoms with Gasteiger partial charge in [-0.15, -0.1) is 17.5 Å². The molecule has 1 atom stereocenters. The van der Waals surface area contributed by atoms with Gasteiger partial charge in [0.2, 0.25) is 0 Å². The van der Waals surface area contributed by atoms with E-state index in [9.17, 15) is 0 Å². The molecule has 1 aliphatic rings. The lowest BCUT2D eigenvalue weighted by Gasteiger charge is -2.37. The van der Waals surface area contributed by atoms with Crippen molar-refractivity contribution in [3.8, 4) is 11.4 Å². The zero-order chi connectivity index (χ0) is 18.5. The average molecular weight is 401 g/mol. The zero-order valence-electron chi connectivity index (χ0n) is 15.9. The van der Waals surface area contributed by atoms with Crippen LogP contribution in [0, 0.1) is 0 Å².